The number of halogens is 3. The summed E-state index contributed by atoms with van der Waals surface area (Å²) < 4.78 is 61.7. The molecule has 10 heteroatoms. The van der Waals surface area contributed by atoms with Crippen molar-refractivity contribution in [2.75, 3.05) is 10.5 Å². The molecule has 20 heavy (non-hydrogen) atoms. The van der Waals surface area contributed by atoms with Crippen LogP contribution >= 0.6 is 0 Å². The van der Waals surface area contributed by atoms with Gasteiger partial charge in [0.2, 0.25) is 10.0 Å². The molecule has 0 saturated heterocycles. The second-order valence-electron chi connectivity index (χ2n) is 3.62. The zero-order valence-corrected chi connectivity index (χ0v) is 10.4. The molecule has 0 aromatic heterocycles. The maximum Gasteiger partial charge on any atom is 0.416 e. The highest BCUT2D eigenvalue weighted by atomic mass is 32.2. The zero-order valence-electron chi connectivity index (χ0n) is 9.60. The summed E-state index contributed by atoms with van der Waals surface area (Å²) in [4.78, 5) is 10.3. The number of hydrogen-bond acceptors (Lipinski definition) is 4. The van der Waals surface area contributed by atoms with E-state index < -0.39 is 44.7 Å². The number of hydrogen-bond donors (Lipinski definition) is 2. The van der Waals surface area contributed by atoms with Gasteiger partial charge in [0.25, 0.3) is 0 Å². The van der Waals surface area contributed by atoms with Crippen molar-refractivity contribution in [3.63, 3.8) is 0 Å². The number of carbonyl (C=O) groups is 1. The van der Waals surface area contributed by atoms with E-state index in [1.165, 1.54) is 6.07 Å². The van der Waals surface area contributed by atoms with E-state index in [-0.39, 0.29) is 0 Å². The van der Waals surface area contributed by atoms with Gasteiger partial charge in [-0.05, 0) is 18.2 Å². The third-order valence-electron chi connectivity index (χ3n) is 2.05. The lowest BCUT2D eigenvalue weighted by Crippen LogP contribution is -2.23. The van der Waals surface area contributed by atoms with Gasteiger partial charge in [0.15, 0.2) is 5.75 Å². The molecule has 0 aliphatic rings. The first-order valence-electron chi connectivity index (χ1n) is 4.89. The third kappa shape index (κ3) is 4.13. The van der Waals surface area contributed by atoms with Crippen LogP contribution in [0.2, 0.25) is 0 Å². The number of aliphatic carboxylic acids is 1. The van der Waals surface area contributed by atoms with Crippen LogP contribution in [0.25, 0.3) is 0 Å². The minimum atomic E-state index is -4.68. The largest absolute Gasteiger partial charge is 0.480 e. The van der Waals surface area contributed by atoms with Crippen molar-refractivity contribution in [1.82, 2.24) is 0 Å². The molecule has 0 spiro atoms. The molecule has 2 N–H and O–H groups in total. The summed E-state index contributed by atoms with van der Waals surface area (Å²) in [7, 11) is -4.30. The van der Waals surface area contributed by atoms with Crippen LogP contribution < -0.4 is 4.72 Å². The predicted octanol–water partition coefficient (Wildman–Crippen LogP) is 1.40. The lowest BCUT2D eigenvalue weighted by Gasteiger charge is -2.11. The van der Waals surface area contributed by atoms with E-state index in [9.17, 15) is 26.4 Å². The van der Waals surface area contributed by atoms with Crippen LogP contribution in [0.5, 0.6) is 0 Å². The van der Waals surface area contributed by atoms with Gasteiger partial charge >= 0.3 is 12.1 Å². The van der Waals surface area contributed by atoms with E-state index in [0.717, 1.165) is 6.07 Å². The zero-order chi connectivity index (χ0) is 15.6. The average Bonchev–Trinajstić information content (AvgIpc) is 2.25. The molecule has 0 heterocycles. The Morgan fingerprint density at radius 2 is 2.00 bits per heavy atom. The number of carboxylic acid groups (broad SMARTS) is 1. The molecule has 0 unspecified atom stereocenters. The SMILES string of the molecule is N#Cc1cc(C(F)(F)F)ccc1NS(=O)(=O)CC(=O)O. The Bertz CT molecular complexity index is 677. The second-order valence-corrected chi connectivity index (χ2v) is 5.35. The molecule has 0 aliphatic carbocycles. The standard InChI is InChI=1S/C10H7F3N2O4S/c11-10(12,13)7-1-2-8(6(3-7)4-14)15-20(18,19)5-9(16)17/h1-3,15H,5H2,(H,16,17). The molecular formula is C10H7F3N2O4S. The molecule has 0 saturated carbocycles. The fourth-order valence-corrected chi connectivity index (χ4v) is 2.18. The smallest absolute Gasteiger partial charge is 0.416 e. The Hall–Kier alpha value is -2.28. The Balaban J connectivity index is 3.16. The van der Waals surface area contributed by atoms with Crippen molar-refractivity contribution in [3.05, 3.63) is 29.3 Å². The Kier molecular flexibility index (Phi) is 4.24. The van der Waals surface area contributed by atoms with Crippen LogP contribution in [0.3, 0.4) is 0 Å². The number of rotatable bonds is 4. The molecule has 1 rings (SSSR count). The number of benzene rings is 1. The Morgan fingerprint density at radius 1 is 1.40 bits per heavy atom. The van der Waals surface area contributed by atoms with Gasteiger partial charge in [-0.2, -0.15) is 18.4 Å². The fourth-order valence-electron chi connectivity index (χ4n) is 1.27. The minimum Gasteiger partial charge on any atom is -0.480 e. The number of nitrogens with zero attached hydrogens (tertiary/aromatic N) is 1. The van der Waals surface area contributed by atoms with Crippen LogP contribution in [0.4, 0.5) is 18.9 Å². The highest BCUT2D eigenvalue weighted by Crippen LogP contribution is 2.31. The quantitative estimate of drug-likeness (QED) is 0.874. The van der Waals surface area contributed by atoms with Gasteiger partial charge in [0.05, 0.1) is 16.8 Å². The van der Waals surface area contributed by atoms with Crippen molar-refractivity contribution in [3.8, 4) is 6.07 Å². The average molecular weight is 308 g/mol. The van der Waals surface area contributed by atoms with E-state index in [0.29, 0.717) is 12.1 Å². The first-order chi connectivity index (χ1) is 9.05. The number of nitrogens with one attached hydrogen (secondary N) is 1. The van der Waals surface area contributed by atoms with E-state index in [1.807, 2.05) is 0 Å². The maximum atomic E-state index is 12.4. The van der Waals surface area contributed by atoms with Gasteiger partial charge in [-0.3, -0.25) is 9.52 Å². The fraction of sp³-hybridized carbons (Fsp3) is 0.200. The number of anilines is 1. The van der Waals surface area contributed by atoms with Crippen molar-refractivity contribution in [2.45, 2.75) is 6.18 Å². The number of alkyl halides is 3. The highest BCUT2D eigenvalue weighted by molar-refractivity contribution is 7.93. The van der Waals surface area contributed by atoms with Crippen molar-refractivity contribution in [1.29, 1.82) is 5.26 Å². The summed E-state index contributed by atoms with van der Waals surface area (Å²) in [5.41, 5.74) is -2.09. The second kappa shape index (κ2) is 5.38. The molecule has 1 aromatic rings. The van der Waals surface area contributed by atoms with Gasteiger partial charge < -0.3 is 5.11 Å². The van der Waals surface area contributed by atoms with Crippen LogP contribution in [0.1, 0.15) is 11.1 Å². The topological polar surface area (TPSA) is 107 Å². The van der Waals surface area contributed by atoms with Crippen LogP contribution in [-0.2, 0) is 21.0 Å². The van der Waals surface area contributed by atoms with E-state index in [1.54, 1.807) is 4.72 Å². The molecule has 6 nitrogen and oxygen atoms in total. The van der Waals surface area contributed by atoms with Gasteiger partial charge in [0.1, 0.15) is 6.07 Å². The lowest BCUT2D eigenvalue weighted by molar-refractivity contribution is -0.137. The molecule has 108 valence electrons. The Labute approximate surface area is 111 Å². The normalized spacial score (nSPS) is 11.7. The first-order valence-corrected chi connectivity index (χ1v) is 6.54. The van der Waals surface area contributed by atoms with Crippen molar-refractivity contribution >= 4 is 21.7 Å². The summed E-state index contributed by atoms with van der Waals surface area (Å²) in [6.45, 7) is 0. The Morgan fingerprint density at radius 3 is 2.45 bits per heavy atom. The van der Waals surface area contributed by atoms with Crippen molar-refractivity contribution < 1.29 is 31.5 Å². The molecule has 1 aromatic carbocycles. The molecular weight excluding hydrogens is 301 g/mol. The summed E-state index contributed by atoms with van der Waals surface area (Å²) in [6, 6.07) is 3.21. The van der Waals surface area contributed by atoms with E-state index in [4.69, 9.17) is 10.4 Å². The highest BCUT2D eigenvalue weighted by Gasteiger charge is 2.31. The van der Waals surface area contributed by atoms with Crippen LogP contribution in [-0.4, -0.2) is 25.2 Å². The summed E-state index contributed by atoms with van der Waals surface area (Å²) in [5.74, 6) is -2.90. The predicted molar refractivity (Wildman–Crippen MR) is 61.2 cm³/mol. The maximum absolute atomic E-state index is 12.4. The minimum absolute atomic E-state index is 0.415. The summed E-state index contributed by atoms with van der Waals surface area (Å²) in [5, 5.41) is 17.1. The van der Waals surface area contributed by atoms with E-state index >= 15 is 0 Å². The van der Waals surface area contributed by atoms with E-state index in [2.05, 4.69) is 0 Å². The lowest BCUT2D eigenvalue weighted by atomic mass is 10.1. The van der Waals surface area contributed by atoms with Gasteiger partial charge in [-0.25, -0.2) is 8.42 Å². The molecule has 0 atom stereocenters. The molecule has 0 aliphatic heterocycles. The molecule has 0 radical (unpaired) electrons. The molecule has 0 fully saturated rings. The third-order valence-corrected chi connectivity index (χ3v) is 3.20. The van der Waals surface area contributed by atoms with Gasteiger partial charge in [-0.1, -0.05) is 0 Å². The first kappa shape index (κ1) is 15.8. The number of nitriles is 1. The molecule has 0 bridgehead atoms. The van der Waals surface area contributed by atoms with Crippen LogP contribution in [0, 0.1) is 11.3 Å². The number of carboxylic acids is 1. The van der Waals surface area contributed by atoms with Gasteiger partial charge in [-0.15, -0.1) is 0 Å². The summed E-state index contributed by atoms with van der Waals surface area (Å²) >= 11 is 0. The summed E-state index contributed by atoms with van der Waals surface area (Å²) in [6.07, 6.45) is -4.68. The number of sulfonamides is 1. The van der Waals surface area contributed by atoms with Crippen molar-refractivity contribution in [2.24, 2.45) is 0 Å². The van der Waals surface area contributed by atoms with Crippen LogP contribution in [0.15, 0.2) is 18.2 Å². The molecule has 0 amide bonds. The van der Waals surface area contributed by atoms with Gasteiger partial charge in [0, 0.05) is 0 Å². The monoisotopic (exact) mass is 308 g/mol.